The monoisotopic (exact) mass is 214 g/mol. The predicted molar refractivity (Wildman–Crippen MR) is 56.9 cm³/mol. The summed E-state index contributed by atoms with van der Waals surface area (Å²) in [5.74, 6) is 0. The van der Waals surface area contributed by atoms with Gasteiger partial charge in [-0.2, -0.15) is 0 Å². The van der Waals surface area contributed by atoms with Gasteiger partial charge in [-0.3, -0.25) is 10.1 Å². The van der Waals surface area contributed by atoms with Crippen LogP contribution in [-0.4, -0.2) is 11.5 Å². The molecule has 0 saturated heterocycles. The first-order valence-electron chi connectivity index (χ1n) is 4.33. The van der Waals surface area contributed by atoms with Gasteiger partial charge in [0.1, 0.15) is 10.7 Å². The molecule has 0 saturated carbocycles. The molecule has 14 heavy (non-hydrogen) atoms. The number of para-hydroxylation sites is 1. The third-order valence-electron chi connectivity index (χ3n) is 1.73. The zero-order chi connectivity index (χ0) is 10.6. The summed E-state index contributed by atoms with van der Waals surface area (Å²) in [6, 6.07) is 4.85. The summed E-state index contributed by atoms with van der Waals surface area (Å²) >= 11 is 5.72. The van der Waals surface area contributed by atoms with E-state index >= 15 is 0 Å². The molecule has 0 fully saturated rings. The van der Waals surface area contributed by atoms with Gasteiger partial charge < -0.3 is 5.32 Å². The van der Waals surface area contributed by atoms with E-state index in [9.17, 15) is 10.1 Å². The number of nitrogens with one attached hydrogen (secondary N) is 1. The van der Waals surface area contributed by atoms with Crippen LogP contribution in [0.4, 0.5) is 11.4 Å². The Kier molecular flexibility index (Phi) is 3.71. The van der Waals surface area contributed by atoms with Gasteiger partial charge in [0.05, 0.1) is 4.92 Å². The van der Waals surface area contributed by atoms with E-state index in [-0.39, 0.29) is 10.7 Å². The van der Waals surface area contributed by atoms with Gasteiger partial charge in [0.25, 0.3) is 0 Å². The summed E-state index contributed by atoms with van der Waals surface area (Å²) in [4.78, 5) is 10.2. The standard InChI is InChI=1S/C9H11ClN2O2/c1-2-6-11-8-5-3-4-7(10)9(8)12(13)14/h3-5,11H,2,6H2,1H3. The van der Waals surface area contributed by atoms with Crippen LogP contribution in [-0.2, 0) is 0 Å². The third kappa shape index (κ3) is 2.35. The third-order valence-corrected chi connectivity index (χ3v) is 2.04. The summed E-state index contributed by atoms with van der Waals surface area (Å²) in [5, 5.41) is 13.8. The summed E-state index contributed by atoms with van der Waals surface area (Å²) in [5.41, 5.74) is 0.423. The lowest BCUT2D eigenvalue weighted by atomic mass is 10.2. The second kappa shape index (κ2) is 4.81. The molecule has 0 aliphatic rings. The van der Waals surface area contributed by atoms with E-state index in [1.165, 1.54) is 6.07 Å². The van der Waals surface area contributed by atoms with Crippen LogP contribution in [0.5, 0.6) is 0 Å². The number of hydrogen-bond donors (Lipinski definition) is 1. The zero-order valence-corrected chi connectivity index (χ0v) is 8.54. The second-order valence-corrected chi connectivity index (χ2v) is 3.23. The summed E-state index contributed by atoms with van der Waals surface area (Å²) in [6.07, 6.45) is 0.906. The van der Waals surface area contributed by atoms with E-state index in [1.807, 2.05) is 6.92 Å². The lowest BCUT2D eigenvalue weighted by molar-refractivity contribution is -0.383. The molecule has 1 N–H and O–H groups in total. The van der Waals surface area contributed by atoms with Crippen molar-refractivity contribution < 1.29 is 4.92 Å². The molecule has 1 aromatic rings. The average Bonchev–Trinajstić information content (AvgIpc) is 2.14. The molecule has 5 heteroatoms. The van der Waals surface area contributed by atoms with Crippen molar-refractivity contribution in [2.24, 2.45) is 0 Å². The fourth-order valence-electron chi connectivity index (χ4n) is 1.10. The van der Waals surface area contributed by atoms with Crippen LogP contribution in [0.25, 0.3) is 0 Å². The number of nitro benzene ring substituents is 1. The molecule has 0 unspecified atom stereocenters. The topological polar surface area (TPSA) is 55.2 Å². The molecular weight excluding hydrogens is 204 g/mol. The van der Waals surface area contributed by atoms with Crippen LogP contribution in [0.15, 0.2) is 18.2 Å². The number of benzene rings is 1. The van der Waals surface area contributed by atoms with Gasteiger partial charge in [0, 0.05) is 6.54 Å². The molecule has 0 aliphatic carbocycles. The van der Waals surface area contributed by atoms with Crippen molar-refractivity contribution in [1.82, 2.24) is 0 Å². The Balaban J connectivity index is 3.02. The van der Waals surface area contributed by atoms with E-state index in [4.69, 9.17) is 11.6 Å². The van der Waals surface area contributed by atoms with Crippen LogP contribution in [0, 0.1) is 10.1 Å². The summed E-state index contributed by atoms with van der Waals surface area (Å²) in [6.45, 7) is 2.69. The van der Waals surface area contributed by atoms with Crippen molar-refractivity contribution in [3.8, 4) is 0 Å². The molecule has 0 amide bonds. The SMILES string of the molecule is CCCNc1cccc(Cl)c1[N+](=O)[O-]. The van der Waals surface area contributed by atoms with E-state index < -0.39 is 4.92 Å². The van der Waals surface area contributed by atoms with Crippen molar-refractivity contribution in [1.29, 1.82) is 0 Å². The fraction of sp³-hybridized carbons (Fsp3) is 0.333. The smallest absolute Gasteiger partial charge is 0.310 e. The highest BCUT2D eigenvalue weighted by atomic mass is 35.5. The number of anilines is 1. The van der Waals surface area contributed by atoms with E-state index in [2.05, 4.69) is 5.32 Å². The molecule has 4 nitrogen and oxygen atoms in total. The first kappa shape index (κ1) is 10.8. The molecule has 76 valence electrons. The van der Waals surface area contributed by atoms with Crippen molar-refractivity contribution in [3.63, 3.8) is 0 Å². The Hall–Kier alpha value is -1.29. The molecule has 0 atom stereocenters. The van der Waals surface area contributed by atoms with Gasteiger partial charge >= 0.3 is 5.69 Å². The molecule has 0 heterocycles. The quantitative estimate of drug-likeness (QED) is 0.619. The van der Waals surface area contributed by atoms with Crippen molar-refractivity contribution in [2.75, 3.05) is 11.9 Å². The summed E-state index contributed by atoms with van der Waals surface area (Å²) in [7, 11) is 0. The normalized spacial score (nSPS) is 9.86. The molecule has 0 radical (unpaired) electrons. The van der Waals surface area contributed by atoms with Crippen LogP contribution in [0.2, 0.25) is 5.02 Å². The van der Waals surface area contributed by atoms with Gasteiger partial charge in [-0.1, -0.05) is 24.6 Å². The maximum absolute atomic E-state index is 10.7. The van der Waals surface area contributed by atoms with Gasteiger partial charge in [-0.15, -0.1) is 0 Å². The number of rotatable bonds is 4. The lowest BCUT2D eigenvalue weighted by Gasteiger charge is -2.05. The molecule has 1 aromatic carbocycles. The Morgan fingerprint density at radius 2 is 2.29 bits per heavy atom. The number of nitrogens with zero attached hydrogens (tertiary/aromatic N) is 1. The average molecular weight is 215 g/mol. The van der Waals surface area contributed by atoms with Crippen LogP contribution >= 0.6 is 11.6 Å². The molecule has 0 aliphatic heterocycles. The fourth-order valence-corrected chi connectivity index (χ4v) is 1.35. The minimum Gasteiger partial charge on any atom is -0.379 e. The summed E-state index contributed by atoms with van der Waals surface area (Å²) < 4.78 is 0. The molecule has 0 aromatic heterocycles. The van der Waals surface area contributed by atoms with Gasteiger partial charge in [0.2, 0.25) is 0 Å². The van der Waals surface area contributed by atoms with E-state index in [1.54, 1.807) is 12.1 Å². The molecule has 1 rings (SSSR count). The largest absolute Gasteiger partial charge is 0.379 e. The highest BCUT2D eigenvalue weighted by Crippen LogP contribution is 2.31. The molecule has 0 spiro atoms. The highest BCUT2D eigenvalue weighted by molar-refractivity contribution is 6.33. The predicted octanol–water partition coefficient (Wildman–Crippen LogP) is 3.07. The number of nitro groups is 1. The highest BCUT2D eigenvalue weighted by Gasteiger charge is 2.17. The first-order chi connectivity index (χ1) is 6.66. The maximum Gasteiger partial charge on any atom is 0.310 e. The van der Waals surface area contributed by atoms with Crippen molar-refractivity contribution in [2.45, 2.75) is 13.3 Å². The zero-order valence-electron chi connectivity index (χ0n) is 7.79. The second-order valence-electron chi connectivity index (χ2n) is 2.82. The first-order valence-corrected chi connectivity index (χ1v) is 4.71. The Bertz CT molecular complexity index is 342. The van der Waals surface area contributed by atoms with Crippen molar-refractivity contribution in [3.05, 3.63) is 33.3 Å². The van der Waals surface area contributed by atoms with Gasteiger partial charge in [0.15, 0.2) is 0 Å². The lowest BCUT2D eigenvalue weighted by Crippen LogP contribution is -2.03. The maximum atomic E-state index is 10.7. The minimum absolute atomic E-state index is 0.0531. The minimum atomic E-state index is -0.472. The van der Waals surface area contributed by atoms with Gasteiger partial charge in [-0.05, 0) is 18.6 Å². The van der Waals surface area contributed by atoms with E-state index in [0.29, 0.717) is 12.2 Å². The van der Waals surface area contributed by atoms with Gasteiger partial charge in [-0.25, -0.2) is 0 Å². The number of hydrogen-bond acceptors (Lipinski definition) is 3. The number of halogens is 1. The van der Waals surface area contributed by atoms with Crippen LogP contribution < -0.4 is 5.32 Å². The Morgan fingerprint density at radius 1 is 1.57 bits per heavy atom. The van der Waals surface area contributed by atoms with Crippen LogP contribution in [0.1, 0.15) is 13.3 Å². The van der Waals surface area contributed by atoms with Crippen molar-refractivity contribution >= 4 is 23.0 Å². The molecular formula is C9H11ClN2O2. The Morgan fingerprint density at radius 3 is 2.86 bits per heavy atom. The molecule has 0 bridgehead atoms. The van der Waals surface area contributed by atoms with Crippen LogP contribution in [0.3, 0.4) is 0 Å². The van der Waals surface area contributed by atoms with E-state index in [0.717, 1.165) is 6.42 Å². The Labute approximate surface area is 87.0 Å².